The van der Waals surface area contributed by atoms with Crippen molar-refractivity contribution in [1.82, 2.24) is 15.5 Å². The van der Waals surface area contributed by atoms with Crippen molar-refractivity contribution in [1.29, 1.82) is 0 Å². The zero-order chi connectivity index (χ0) is 22.0. The van der Waals surface area contributed by atoms with Crippen LogP contribution in [-0.2, 0) is 22.1 Å². The number of hydrogen-bond donors (Lipinski definition) is 2. The van der Waals surface area contributed by atoms with E-state index >= 15 is 0 Å². The highest BCUT2D eigenvalue weighted by atomic mass is 32.2. The predicted molar refractivity (Wildman–Crippen MR) is 124 cm³/mol. The summed E-state index contributed by atoms with van der Waals surface area (Å²) in [7, 11) is 0.421. The SMILES string of the molecule is C#CCN/C(=C/S(=O)(=O)c1ccc(C)cc1)NCCSCc1ccc(CN(C)C)o1. The summed E-state index contributed by atoms with van der Waals surface area (Å²) >= 11 is 1.71. The second-order valence-electron chi connectivity index (χ2n) is 7.03. The number of thioether (sulfide) groups is 1. The van der Waals surface area contributed by atoms with E-state index in [0.29, 0.717) is 12.4 Å². The molecule has 0 atom stereocenters. The first-order valence-corrected chi connectivity index (χ1v) is 12.2. The number of nitrogens with one attached hydrogen (secondary N) is 2. The average Bonchev–Trinajstić information content (AvgIpc) is 3.12. The Morgan fingerprint density at radius 3 is 2.53 bits per heavy atom. The molecule has 0 fully saturated rings. The maximum absolute atomic E-state index is 12.6. The molecule has 0 unspecified atom stereocenters. The molecular formula is C22H29N3O3S2. The van der Waals surface area contributed by atoms with E-state index in [1.54, 1.807) is 36.0 Å². The van der Waals surface area contributed by atoms with Crippen LogP contribution in [-0.4, -0.2) is 46.3 Å². The van der Waals surface area contributed by atoms with Crippen LogP contribution in [0.4, 0.5) is 0 Å². The minimum atomic E-state index is -3.58. The average molecular weight is 448 g/mol. The third-order valence-electron chi connectivity index (χ3n) is 4.00. The maximum Gasteiger partial charge on any atom is 0.203 e. The molecule has 1 aromatic heterocycles. The van der Waals surface area contributed by atoms with Gasteiger partial charge in [-0.3, -0.25) is 0 Å². The van der Waals surface area contributed by atoms with E-state index in [1.807, 2.05) is 33.2 Å². The van der Waals surface area contributed by atoms with Gasteiger partial charge in [0.2, 0.25) is 9.84 Å². The van der Waals surface area contributed by atoms with Gasteiger partial charge in [-0.05, 0) is 45.3 Å². The normalized spacial score (nSPS) is 12.0. The molecule has 0 bridgehead atoms. The van der Waals surface area contributed by atoms with Gasteiger partial charge in [0, 0.05) is 12.3 Å². The predicted octanol–water partition coefficient (Wildman–Crippen LogP) is 2.97. The van der Waals surface area contributed by atoms with Crippen molar-refractivity contribution < 1.29 is 12.8 Å². The van der Waals surface area contributed by atoms with E-state index in [0.717, 1.165) is 35.1 Å². The van der Waals surface area contributed by atoms with Crippen molar-refractivity contribution in [3.05, 3.63) is 64.7 Å². The van der Waals surface area contributed by atoms with Crippen LogP contribution in [0.3, 0.4) is 0 Å². The van der Waals surface area contributed by atoms with E-state index in [4.69, 9.17) is 10.8 Å². The molecule has 0 aliphatic rings. The second kappa shape index (κ2) is 11.7. The molecule has 2 rings (SSSR count). The van der Waals surface area contributed by atoms with Gasteiger partial charge >= 0.3 is 0 Å². The molecule has 0 amide bonds. The summed E-state index contributed by atoms with van der Waals surface area (Å²) < 4.78 is 31.1. The lowest BCUT2D eigenvalue weighted by Gasteiger charge is -2.12. The summed E-state index contributed by atoms with van der Waals surface area (Å²) in [5.74, 6) is 6.26. The lowest BCUT2D eigenvalue weighted by molar-refractivity contribution is 0.344. The summed E-state index contributed by atoms with van der Waals surface area (Å²) in [5.41, 5.74) is 1.00. The van der Waals surface area contributed by atoms with Gasteiger partial charge in [0.05, 0.1) is 29.1 Å². The Labute approximate surface area is 184 Å². The van der Waals surface area contributed by atoms with Crippen LogP contribution in [0.2, 0.25) is 0 Å². The fourth-order valence-electron chi connectivity index (χ4n) is 2.57. The lowest BCUT2D eigenvalue weighted by Crippen LogP contribution is -2.29. The molecule has 1 heterocycles. The number of aryl methyl sites for hydroxylation is 1. The monoisotopic (exact) mass is 447 g/mol. The number of rotatable bonds is 12. The van der Waals surface area contributed by atoms with E-state index in [2.05, 4.69) is 21.5 Å². The number of nitrogens with zero attached hydrogens (tertiary/aromatic N) is 1. The topological polar surface area (TPSA) is 74.6 Å². The van der Waals surface area contributed by atoms with E-state index in [1.165, 1.54) is 5.41 Å². The molecule has 162 valence electrons. The summed E-state index contributed by atoms with van der Waals surface area (Å²) in [5, 5.41) is 7.26. The molecule has 8 heteroatoms. The van der Waals surface area contributed by atoms with Gasteiger partial charge in [0.15, 0.2) is 0 Å². The van der Waals surface area contributed by atoms with Gasteiger partial charge < -0.3 is 20.0 Å². The van der Waals surface area contributed by atoms with E-state index in [9.17, 15) is 8.42 Å². The molecule has 0 radical (unpaired) electrons. The first-order valence-electron chi connectivity index (χ1n) is 9.55. The van der Waals surface area contributed by atoms with Crippen LogP contribution >= 0.6 is 11.8 Å². The van der Waals surface area contributed by atoms with Crippen LogP contribution in [0, 0.1) is 19.3 Å². The molecule has 0 saturated carbocycles. The van der Waals surface area contributed by atoms with Gasteiger partial charge in [-0.15, -0.1) is 6.42 Å². The number of terminal acetylenes is 1. The fourth-order valence-corrected chi connectivity index (χ4v) is 4.45. The van der Waals surface area contributed by atoms with Crippen LogP contribution in [0.5, 0.6) is 0 Å². The molecular weight excluding hydrogens is 418 g/mol. The van der Waals surface area contributed by atoms with E-state index in [-0.39, 0.29) is 11.4 Å². The molecule has 0 aliphatic carbocycles. The Morgan fingerprint density at radius 1 is 1.17 bits per heavy atom. The largest absolute Gasteiger partial charge is 0.464 e. The Balaban J connectivity index is 1.88. The van der Waals surface area contributed by atoms with Gasteiger partial charge in [0.25, 0.3) is 0 Å². The number of benzene rings is 1. The first-order chi connectivity index (χ1) is 14.3. The van der Waals surface area contributed by atoms with Crippen molar-refractivity contribution in [2.24, 2.45) is 0 Å². The summed E-state index contributed by atoms with van der Waals surface area (Å²) in [6.07, 6.45) is 5.31. The summed E-state index contributed by atoms with van der Waals surface area (Å²) in [6, 6.07) is 10.7. The van der Waals surface area contributed by atoms with Gasteiger partial charge in [-0.25, -0.2) is 8.42 Å². The molecule has 2 N–H and O–H groups in total. The number of hydrogen-bond acceptors (Lipinski definition) is 7. The Morgan fingerprint density at radius 2 is 1.87 bits per heavy atom. The van der Waals surface area contributed by atoms with Crippen LogP contribution in [0.1, 0.15) is 17.1 Å². The molecule has 0 aliphatic heterocycles. The molecule has 30 heavy (non-hydrogen) atoms. The molecule has 2 aromatic rings. The second-order valence-corrected chi connectivity index (χ2v) is 9.93. The Kier molecular flexibility index (Phi) is 9.37. The Hall–Kier alpha value is -2.34. The first kappa shape index (κ1) is 23.9. The molecule has 1 aromatic carbocycles. The highest BCUT2D eigenvalue weighted by Gasteiger charge is 2.13. The Bertz CT molecular complexity index is 972. The number of furan rings is 1. The van der Waals surface area contributed by atoms with Crippen LogP contribution in [0.15, 0.2) is 56.9 Å². The highest BCUT2D eigenvalue weighted by Crippen LogP contribution is 2.16. The van der Waals surface area contributed by atoms with Crippen molar-refractivity contribution in [2.45, 2.75) is 24.1 Å². The molecule has 0 saturated heterocycles. The molecule has 6 nitrogen and oxygen atoms in total. The van der Waals surface area contributed by atoms with Gasteiger partial charge in [-0.2, -0.15) is 11.8 Å². The zero-order valence-corrected chi connectivity index (χ0v) is 19.3. The van der Waals surface area contributed by atoms with Gasteiger partial charge in [0.1, 0.15) is 17.3 Å². The fraction of sp³-hybridized carbons (Fsp3) is 0.364. The van der Waals surface area contributed by atoms with Crippen molar-refractivity contribution in [3.8, 4) is 12.3 Å². The quantitative estimate of drug-likeness (QED) is 0.383. The maximum atomic E-state index is 12.6. The van der Waals surface area contributed by atoms with Crippen molar-refractivity contribution >= 4 is 21.6 Å². The van der Waals surface area contributed by atoms with Crippen molar-refractivity contribution in [2.75, 3.05) is 32.9 Å². The van der Waals surface area contributed by atoms with Crippen LogP contribution in [0.25, 0.3) is 0 Å². The standard InChI is InChI=1S/C22H29N3O3S2/c1-5-12-23-22(17-30(26,27)21-10-6-18(2)7-11-21)24-13-14-29-16-20-9-8-19(28-20)15-25(3)4/h1,6-11,17,23-24H,12-16H2,2-4H3/b22-17-. The zero-order valence-electron chi connectivity index (χ0n) is 17.6. The molecule has 0 spiro atoms. The van der Waals surface area contributed by atoms with E-state index < -0.39 is 9.84 Å². The van der Waals surface area contributed by atoms with Crippen LogP contribution < -0.4 is 10.6 Å². The summed E-state index contributed by atoms with van der Waals surface area (Å²) in [6.45, 7) is 3.51. The minimum absolute atomic E-state index is 0.233. The minimum Gasteiger partial charge on any atom is -0.464 e. The van der Waals surface area contributed by atoms with Gasteiger partial charge in [-0.1, -0.05) is 23.6 Å². The third kappa shape index (κ3) is 8.19. The highest BCUT2D eigenvalue weighted by molar-refractivity contribution is 7.98. The van der Waals surface area contributed by atoms with Crippen molar-refractivity contribution in [3.63, 3.8) is 0 Å². The summed E-state index contributed by atoms with van der Waals surface area (Å²) in [4.78, 5) is 2.30. The lowest BCUT2D eigenvalue weighted by atomic mass is 10.2. The smallest absolute Gasteiger partial charge is 0.203 e. The third-order valence-corrected chi connectivity index (χ3v) is 6.46. The number of sulfone groups is 1.